The van der Waals surface area contributed by atoms with Crippen molar-refractivity contribution in [1.29, 1.82) is 0 Å². The molecule has 0 heterocycles. The monoisotopic (exact) mass is 665 g/mol. The Bertz CT molecular complexity index is 1550. The second-order valence-corrected chi connectivity index (χ2v) is 24.7. The van der Waals surface area contributed by atoms with Gasteiger partial charge in [0.05, 0.1) is 0 Å². The summed E-state index contributed by atoms with van der Waals surface area (Å²) in [5, 5.41) is 0. The van der Waals surface area contributed by atoms with Gasteiger partial charge in [-0.1, -0.05) is 0 Å². The van der Waals surface area contributed by atoms with Crippen LogP contribution in [0.5, 0.6) is 0 Å². The molecule has 1 atom stereocenters. The number of allylic oxidation sites excluding steroid dienone is 4. The van der Waals surface area contributed by atoms with Crippen LogP contribution in [0.4, 0.5) is 0 Å². The average Bonchev–Trinajstić information content (AvgIpc) is 3.48. The summed E-state index contributed by atoms with van der Waals surface area (Å²) < 4.78 is 8.81. The molecule has 2 aliphatic carbocycles. The molecule has 1 unspecified atom stereocenters. The smallest absolute Gasteiger partial charge is 0.147 e. The maximum Gasteiger partial charge on any atom is -0.147 e. The Morgan fingerprint density at radius 3 is 1.85 bits per heavy atom. The van der Waals surface area contributed by atoms with E-state index in [1.165, 1.54) is 39.0 Å². The van der Waals surface area contributed by atoms with E-state index < -0.39 is 19.8 Å². The minimum atomic E-state index is -3.26. The van der Waals surface area contributed by atoms with Gasteiger partial charge in [-0.2, -0.15) is 0 Å². The van der Waals surface area contributed by atoms with E-state index in [9.17, 15) is 0 Å². The molecule has 219 valence electrons. The molecule has 0 amide bonds. The second-order valence-electron chi connectivity index (χ2n) is 15.1. The van der Waals surface area contributed by atoms with Crippen LogP contribution in [0, 0.1) is 5.41 Å². The van der Waals surface area contributed by atoms with Crippen molar-refractivity contribution in [2.24, 2.45) is 5.41 Å². The fourth-order valence-electron chi connectivity index (χ4n) is 6.27. The van der Waals surface area contributed by atoms with Gasteiger partial charge in [-0.15, -0.1) is 24.8 Å². The van der Waals surface area contributed by atoms with Crippen molar-refractivity contribution in [3.8, 4) is 11.1 Å². The van der Waals surface area contributed by atoms with E-state index in [2.05, 4.69) is 143 Å². The Morgan fingerprint density at radius 1 is 0.683 bits per heavy atom. The first-order valence-electron chi connectivity index (χ1n) is 14.7. The molecular weight excluding hydrogens is 619 g/mol. The summed E-state index contributed by atoms with van der Waals surface area (Å²) in [7, 11) is 0. The maximum absolute atomic E-state index is 3.26. The van der Waals surface area contributed by atoms with E-state index in [4.69, 9.17) is 0 Å². The molecule has 0 aromatic heterocycles. The van der Waals surface area contributed by atoms with Crippen molar-refractivity contribution in [2.45, 2.75) is 90.6 Å². The zero-order chi connectivity index (χ0) is 28.4. The molecule has 3 aromatic rings. The summed E-state index contributed by atoms with van der Waals surface area (Å²) in [6, 6.07) is 23.6. The fraction of sp³-hybridized carbons (Fsp3) is 0.395. The van der Waals surface area contributed by atoms with Gasteiger partial charge in [-0.05, 0) is 0 Å². The Morgan fingerprint density at radius 2 is 1.29 bits per heavy atom. The van der Waals surface area contributed by atoms with Gasteiger partial charge in [-0.25, -0.2) is 0 Å². The molecular formula is C38H49Cl2Zr. The van der Waals surface area contributed by atoms with Gasteiger partial charge in [0.1, 0.15) is 0 Å². The van der Waals surface area contributed by atoms with E-state index in [0.717, 1.165) is 12.8 Å². The number of benzene rings is 3. The summed E-state index contributed by atoms with van der Waals surface area (Å²) in [5.74, 6) is 0. The molecule has 0 N–H and O–H groups in total. The summed E-state index contributed by atoms with van der Waals surface area (Å²) in [6.07, 6.45) is 7.27. The number of rotatable bonds is 3. The molecule has 0 fully saturated rings. The molecule has 0 saturated carbocycles. The predicted octanol–water partition coefficient (Wildman–Crippen LogP) is 10.6. The molecule has 3 aromatic carbocycles. The van der Waals surface area contributed by atoms with E-state index in [0.29, 0.717) is 0 Å². The second kappa shape index (κ2) is 11.9. The van der Waals surface area contributed by atoms with Crippen LogP contribution >= 0.6 is 24.8 Å². The number of hydrogen-bond acceptors (Lipinski definition) is 0. The summed E-state index contributed by atoms with van der Waals surface area (Å²) >= 11 is -3.26. The largest absolute Gasteiger partial charge is 0.147 e. The summed E-state index contributed by atoms with van der Waals surface area (Å²) in [6.45, 7) is 21.2. The molecule has 0 nitrogen and oxygen atoms in total. The Labute approximate surface area is 266 Å². The van der Waals surface area contributed by atoms with Crippen molar-refractivity contribution < 1.29 is 19.8 Å². The first kappa shape index (κ1) is 34.0. The Balaban J connectivity index is 0.00000231. The van der Waals surface area contributed by atoms with E-state index in [1.807, 2.05) is 0 Å². The molecule has 0 aliphatic heterocycles. The van der Waals surface area contributed by atoms with Gasteiger partial charge in [0.2, 0.25) is 0 Å². The number of halogens is 2. The van der Waals surface area contributed by atoms with Crippen LogP contribution in [-0.2, 0) is 37.0 Å². The standard InChI is InChI=1S/C21H25.C9H13.C7H6.CH3.2ClH.Zr/c1-20(2,3)16-9-7-14-11-15-8-10-17(21(4,5)6)13-19(15)18(14)12-16;1-9(2,3)8-6-4-5-7-8;1-7-5-3-2-4-6-7;;;;/h7,9-10,12-13H,11H2,1-6H3;6-7H,4H2,1-3H3;1-6H;1H3;2*1H;. The molecule has 0 saturated heterocycles. The van der Waals surface area contributed by atoms with Crippen LogP contribution in [0.2, 0.25) is 4.63 Å². The van der Waals surface area contributed by atoms with Crippen molar-refractivity contribution in [1.82, 2.24) is 0 Å². The molecule has 0 radical (unpaired) electrons. The van der Waals surface area contributed by atoms with Gasteiger partial charge in [0.15, 0.2) is 0 Å². The fourth-order valence-corrected chi connectivity index (χ4v) is 15.7. The van der Waals surface area contributed by atoms with Gasteiger partial charge in [0.25, 0.3) is 0 Å². The van der Waals surface area contributed by atoms with Crippen molar-refractivity contribution >= 4 is 31.8 Å². The summed E-state index contributed by atoms with van der Waals surface area (Å²) in [5.41, 5.74) is 12.2. The first-order chi connectivity index (χ1) is 18.1. The third-order valence-corrected chi connectivity index (χ3v) is 19.2. The van der Waals surface area contributed by atoms with Crippen LogP contribution in [0.3, 0.4) is 0 Å². The van der Waals surface area contributed by atoms with Gasteiger partial charge in [-0.3, -0.25) is 0 Å². The van der Waals surface area contributed by atoms with Gasteiger partial charge < -0.3 is 0 Å². The quantitative estimate of drug-likeness (QED) is 0.204. The molecule has 41 heavy (non-hydrogen) atoms. The first-order valence-corrected chi connectivity index (χ1v) is 21.1. The van der Waals surface area contributed by atoms with Crippen molar-refractivity contribution in [3.63, 3.8) is 0 Å². The molecule has 0 bridgehead atoms. The number of fused-ring (bicyclic) bond motifs is 3. The third-order valence-electron chi connectivity index (χ3n) is 8.97. The van der Waals surface area contributed by atoms with E-state index in [-0.39, 0.29) is 41.1 Å². The minimum Gasteiger partial charge on any atom is -0.147 e. The van der Waals surface area contributed by atoms with E-state index in [1.54, 1.807) is 12.1 Å². The molecule has 3 heteroatoms. The van der Waals surface area contributed by atoms with E-state index >= 15 is 0 Å². The minimum absolute atomic E-state index is 0. The zero-order valence-corrected chi connectivity index (χ0v) is 30.8. The molecule has 2 aliphatic rings. The third kappa shape index (κ3) is 6.69. The van der Waals surface area contributed by atoms with Crippen molar-refractivity contribution in [3.05, 3.63) is 109 Å². The van der Waals surface area contributed by atoms with Crippen LogP contribution in [-0.4, -0.2) is 3.71 Å². The summed E-state index contributed by atoms with van der Waals surface area (Å²) in [4.78, 5) is 0. The number of hydrogen-bond donors (Lipinski definition) is 0. The Hall–Kier alpha value is -1.53. The van der Waals surface area contributed by atoms with Crippen LogP contribution in [0.25, 0.3) is 11.1 Å². The predicted molar refractivity (Wildman–Crippen MR) is 184 cm³/mol. The van der Waals surface area contributed by atoms with Crippen molar-refractivity contribution in [2.75, 3.05) is 0 Å². The van der Waals surface area contributed by atoms with Gasteiger partial charge >= 0.3 is 243 Å². The Kier molecular flexibility index (Phi) is 9.83. The van der Waals surface area contributed by atoms with Crippen LogP contribution in [0.15, 0.2) is 81.7 Å². The zero-order valence-electron chi connectivity index (χ0n) is 26.7. The molecule has 0 spiro atoms. The maximum atomic E-state index is 2.74. The van der Waals surface area contributed by atoms with Crippen LogP contribution in [0.1, 0.15) is 96.6 Å². The van der Waals surface area contributed by atoms with Gasteiger partial charge in [0, 0.05) is 0 Å². The SMILES string of the molecule is CC(C)(C)C1=CC[C]([Zr]([CH3])(=[CH]c2ccccc2)[c]2cc(C(C)(C)C)cc3c2Cc2ccc(C(C)(C)C)cc2-3)=C1.Cl.Cl. The molecule has 5 rings (SSSR count). The topological polar surface area (TPSA) is 0 Å². The average molecular weight is 668 g/mol. The normalized spacial score (nSPS) is 16.0. The van der Waals surface area contributed by atoms with Crippen LogP contribution < -0.4 is 3.27 Å².